The first kappa shape index (κ1) is 12.0. The van der Waals surface area contributed by atoms with Gasteiger partial charge in [-0.05, 0) is 19.1 Å². The number of aliphatic hydroxyl groups is 1. The van der Waals surface area contributed by atoms with Crippen molar-refractivity contribution < 1.29 is 19.3 Å². The molecule has 94 valence electrons. The smallest absolute Gasteiger partial charge is 0.170 e. The maximum Gasteiger partial charge on any atom is 0.170 e. The molecule has 2 rings (SSSR count). The Morgan fingerprint density at radius 3 is 2.71 bits per heavy atom. The van der Waals surface area contributed by atoms with E-state index in [9.17, 15) is 5.11 Å². The van der Waals surface area contributed by atoms with Crippen LogP contribution < -0.4 is 19.9 Å². The van der Waals surface area contributed by atoms with E-state index in [1.165, 1.54) is 0 Å². The average molecular weight is 239 g/mol. The standard InChI is InChI=1S/C12H17NO4/c1-7(13)11(14)10-8(15-2)3-4-9-12(10)17-6-5-16-9/h3-4,7,11,14H,5-6,13H2,1-2H3. The number of methoxy groups -OCH3 is 1. The maximum absolute atomic E-state index is 10.1. The Hall–Kier alpha value is -1.46. The van der Waals surface area contributed by atoms with Crippen molar-refractivity contribution in [3.05, 3.63) is 17.7 Å². The van der Waals surface area contributed by atoms with Gasteiger partial charge in [0.2, 0.25) is 0 Å². The molecule has 0 radical (unpaired) electrons. The number of benzene rings is 1. The summed E-state index contributed by atoms with van der Waals surface area (Å²) < 4.78 is 16.2. The Labute approximate surface area is 100 Å². The highest BCUT2D eigenvalue weighted by Gasteiger charge is 2.27. The molecule has 5 nitrogen and oxygen atoms in total. The summed E-state index contributed by atoms with van der Waals surface area (Å²) >= 11 is 0. The number of fused-ring (bicyclic) bond motifs is 1. The Bertz CT molecular complexity index is 406. The van der Waals surface area contributed by atoms with Gasteiger partial charge in [-0.3, -0.25) is 0 Å². The summed E-state index contributed by atoms with van der Waals surface area (Å²) in [7, 11) is 1.54. The monoisotopic (exact) mass is 239 g/mol. The highest BCUT2D eigenvalue weighted by molar-refractivity contribution is 5.55. The molecule has 1 aliphatic heterocycles. The van der Waals surface area contributed by atoms with Crippen LogP contribution in [0, 0.1) is 0 Å². The zero-order valence-corrected chi connectivity index (χ0v) is 9.97. The lowest BCUT2D eigenvalue weighted by Crippen LogP contribution is -2.26. The van der Waals surface area contributed by atoms with Gasteiger partial charge < -0.3 is 25.1 Å². The molecule has 0 saturated heterocycles. The van der Waals surface area contributed by atoms with Crippen LogP contribution in [-0.4, -0.2) is 31.5 Å². The summed E-state index contributed by atoms with van der Waals surface area (Å²) in [6.07, 6.45) is -0.846. The molecule has 1 aromatic rings. The van der Waals surface area contributed by atoms with E-state index < -0.39 is 12.1 Å². The zero-order chi connectivity index (χ0) is 12.4. The van der Waals surface area contributed by atoms with Crippen molar-refractivity contribution in [2.24, 2.45) is 5.73 Å². The van der Waals surface area contributed by atoms with Gasteiger partial charge in [-0.25, -0.2) is 0 Å². The molecule has 0 aliphatic carbocycles. The number of aliphatic hydroxyl groups excluding tert-OH is 1. The highest BCUT2D eigenvalue weighted by Crippen LogP contribution is 2.43. The number of rotatable bonds is 3. The third-order valence-corrected chi connectivity index (χ3v) is 2.72. The molecule has 2 unspecified atom stereocenters. The molecular weight excluding hydrogens is 222 g/mol. The molecule has 5 heteroatoms. The van der Waals surface area contributed by atoms with Gasteiger partial charge in [0.15, 0.2) is 11.5 Å². The fourth-order valence-electron chi connectivity index (χ4n) is 1.84. The van der Waals surface area contributed by atoms with Crippen LogP contribution in [0.1, 0.15) is 18.6 Å². The van der Waals surface area contributed by atoms with Gasteiger partial charge in [0.05, 0.1) is 12.7 Å². The first-order valence-corrected chi connectivity index (χ1v) is 5.55. The molecule has 0 bridgehead atoms. The molecule has 2 atom stereocenters. The van der Waals surface area contributed by atoms with Crippen LogP contribution in [0.4, 0.5) is 0 Å². The number of hydrogen-bond acceptors (Lipinski definition) is 5. The third kappa shape index (κ3) is 2.16. The van der Waals surface area contributed by atoms with Crippen LogP contribution in [0.25, 0.3) is 0 Å². The van der Waals surface area contributed by atoms with Gasteiger partial charge in [-0.2, -0.15) is 0 Å². The van der Waals surface area contributed by atoms with E-state index in [4.69, 9.17) is 19.9 Å². The topological polar surface area (TPSA) is 73.9 Å². The average Bonchev–Trinajstić information content (AvgIpc) is 2.36. The van der Waals surface area contributed by atoms with Crippen molar-refractivity contribution in [2.75, 3.05) is 20.3 Å². The largest absolute Gasteiger partial charge is 0.496 e. The van der Waals surface area contributed by atoms with Gasteiger partial charge in [0.25, 0.3) is 0 Å². The van der Waals surface area contributed by atoms with E-state index in [1.54, 1.807) is 26.2 Å². The van der Waals surface area contributed by atoms with Gasteiger partial charge in [0, 0.05) is 6.04 Å². The predicted octanol–water partition coefficient (Wildman–Crippen LogP) is 0.847. The fraction of sp³-hybridized carbons (Fsp3) is 0.500. The molecule has 3 N–H and O–H groups in total. The van der Waals surface area contributed by atoms with E-state index >= 15 is 0 Å². The fourth-order valence-corrected chi connectivity index (χ4v) is 1.84. The first-order chi connectivity index (χ1) is 8.15. The van der Waals surface area contributed by atoms with Crippen molar-refractivity contribution >= 4 is 0 Å². The molecule has 0 fully saturated rings. The number of nitrogens with two attached hydrogens (primary N) is 1. The van der Waals surface area contributed by atoms with Gasteiger partial charge >= 0.3 is 0 Å². The van der Waals surface area contributed by atoms with Crippen molar-refractivity contribution in [1.82, 2.24) is 0 Å². The van der Waals surface area contributed by atoms with Crippen LogP contribution in [0.3, 0.4) is 0 Å². The molecule has 17 heavy (non-hydrogen) atoms. The lowest BCUT2D eigenvalue weighted by molar-refractivity contribution is 0.129. The van der Waals surface area contributed by atoms with E-state index in [2.05, 4.69) is 0 Å². The molecular formula is C12H17NO4. The lowest BCUT2D eigenvalue weighted by Gasteiger charge is -2.26. The second-order valence-electron chi connectivity index (χ2n) is 4.01. The van der Waals surface area contributed by atoms with Gasteiger partial charge in [-0.15, -0.1) is 0 Å². The zero-order valence-electron chi connectivity index (χ0n) is 9.97. The van der Waals surface area contributed by atoms with Gasteiger partial charge in [0.1, 0.15) is 25.1 Å². The van der Waals surface area contributed by atoms with E-state index in [0.29, 0.717) is 36.0 Å². The third-order valence-electron chi connectivity index (χ3n) is 2.72. The van der Waals surface area contributed by atoms with E-state index in [1.807, 2.05) is 0 Å². The minimum absolute atomic E-state index is 0.416. The van der Waals surface area contributed by atoms with Crippen molar-refractivity contribution in [1.29, 1.82) is 0 Å². The van der Waals surface area contributed by atoms with Crippen LogP contribution >= 0.6 is 0 Å². The SMILES string of the molecule is COc1ccc2c(c1C(O)C(C)N)OCCO2. The van der Waals surface area contributed by atoms with Crippen LogP contribution in [0.15, 0.2) is 12.1 Å². The normalized spacial score (nSPS) is 17.4. The minimum Gasteiger partial charge on any atom is -0.496 e. The Morgan fingerprint density at radius 2 is 2.06 bits per heavy atom. The number of hydrogen-bond donors (Lipinski definition) is 2. The van der Waals surface area contributed by atoms with Crippen LogP contribution in [0.5, 0.6) is 17.2 Å². The Kier molecular flexibility index (Phi) is 3.40. The van der Waals surface area contributed by atoms with E-state index in [0.717, 1.165) is 0 Å². The predicted molar refractivity (Wildman–Crippen MR) is 62.6 cm³/mol. The Morgan fingerprint density at radius 1 is 1.35 bits per heavy atom. The molecule has 0 spiro atoms. The second-order valence-corrected chi connectivity index (χ2v) is 4.01. The maximum atomic E-state index is 10.1. The molecule has 1 aliphatic rings. The first-order valence-electron chi connectivity index (χ1n) is 5.55. The van der Waals surface area contributed by atoms with Crippen molar-refractivity contribution in [3.8, 4) is 17.2 Å². The summed E-state index contributed by atoms with van der Waals surface area (Å²) in [5.74, 6) is 1.70. The molecule has 1 heterocycles. The summed E-state index contributed by atoms with van der Waals surface area (Å²) in [6, 6.07) is 3.10. The molecule has 0 aromatic heterocycles. The van der Waals surface area contributed by atoms with Gasteiger partial charge in [-0.1, -0.05) is 0 Å². The summed E-state index contributed by atoms with van der Waals surface area (Å²) in [4.78, 5) is 0. The van der Waals surface area contributed by atoms with Crippen molar-refractivity contribution in [2.45, 2.75) is 19.1 Å². The van der Waals surface area contributed by atoms with Crippen LogP contribution in [0.2, 0.25) is 0 Å². The summed E-state index contributed by atoms with van der Waals surface area (Å²) in [5, 5.41) is 10.1. The summed E-state index contributed by atoms with van der Waals surface area (Å²) in [6.45, 7) is 2.69. The number of ether oxygens (including phenoxy) is 3. The minimum atomic E-state index is -0.846. The molecule has 0 amide bonds. The highest BCUT2D eigenvalue weighted by atomic mass is 16.6. The Balaban J connectivity index is 2.52. The van der Waals surface area contributed by atoms with Crippen molar-refractivity contribution in [3.63, 3.8) is 0 Å². The van der Waals surface area contributed by atoms with Crippen LogP contribution in [-0.2, 0) is 0 Å². The molecule has 0 saturated carbocycles. The lowest BCUT2D eigenvalue weighted by atomic mass is 10.0. The van der Waals surface area contributed by atoms with E-state index in [-0.39, 0.29) is 0 Å². The summed E-state index contributed by atoms with van der Waals surface area (Å²) in [5.41, 5.74) is 6.28. The molecule has 1 aromatic carbocycles. The second kappa shape index (κ2) is 4.81. The quantitative estimate of drug-likeness (QED) is 0.818.